The lowest BCUT2D eigenvalue weighted by atomic mass is 10.2. The fraction of sp³-hybridized carbons (Fsp3) is 0. The number of pyridine rings is 1. The van der Waals surface area contributed by atoms with Crippen LogP contribution in [0.25, 0.3) is 10.9 Å². The quantitative estimate of drug-likeness (QED) is 0.583. The Hall–Kier alpha value is -2.82. The van der Waals surface area contributed by atoms with Gasteiger partial charge in [-0.05, 0) is 35.9 Å². The molecule has 0 bridgehead atoms. The number of hydrogen-bond acceptors (Lipinski definition) is 3. The Morgan fingerprint density at radius 3 is 2.67 bits per heavy atom. The van der Waals surface area contributed by atoms with Crippen molar-refractivity contribution >= 4 is 22.9 Å². The van der Waals surface area contributed by atoms with Gasteiger partial charge in [-0.15, -0.1) is 0 Å². The van der Waals surface area contributed by atoms with Crippen LogP contribution in [0.15, 0.2) is 59.7 Å². The number of hydrogen-bond donors (Lipinski definition) is 1. The number of para-hydroxylation sites is 1. The monoisotopic (exact) mass is 283 g/mol. The highest BCUT2D eigenvalue weighted by molar-refractivity contribution is 5.81. The molecule has 3 rings (SSSR count). The maximum atomic E-state index is 13.0. The fourth-order valence-corrected chi connectivity index (χ4v) is 1.89. The number of benzene rings is 2. The summed E-state index contributed by atoms with van der Waals surface area (Å²) < 4.78 is 25.8. The average Bonchev–Trinajstić information content (AvgIpc) is 2.51. The van der Waals surface area contributed by atoms with Crippen LogP contribution in [0.3, 0.4) is 0 Å². The highest BCUT2D eigenvalue weighted by Gasteiger charge is 2.00. The lowest BCUT2D eigenvalue weighted by Gasteiger charge is -2.01. The zero-order chi connectivity index (χ0) is 14.7. The summed E-state index contributed by atoms with van der Waals surface area (Å²) in [4.78, 5) is 4.38. The highest BCUT2D eigenvalue weighted by atomic mass is 19.2. The van der Waals surface area contributed by atoms with Gasteiger partial charge in [-0.2, -0.15) is 5.10 Å². The molecule has 3 aromatic rings. The van der Waals surface area contributed by atoms with Gasteiger partial charge >= 0.3 is 0 Å². The molecule has 0 radical (unpaired) electrons. The van der Waals surface area contributed by atoms with Crippen LogP contribution in [0.4, 0.5) is 14.6 Å². The van der Waals surface area contributed by atoms with E-state index in [1.807, 2.05) is 30.3 Å². The minimum Gasteiger partial charge on any atom is -0.261 e. The third kappa shape index (κ3) is 3.02. The molecule has 0 unspecified atom stereocenters. The molecule has 2 aromatic carbocycles. The van der Waals surface area contributed by atoms with Crippen molar-refractivity contribution in [2.24, 2.45) is 5.10 Å². The van der Waals surface area contributed by atoms with Crippen molar-refractivity contribution < 1.29 is 8.78 Å². The smallest absolute Gasteiger partial charge is 0.159 e. The molecular formula is C16H11F2N3. The van der Waals surface area contributed by atoms with Crippen LogP contribution in [0, 0.1) is 11.6 Å². The van der Waals surface area contributed by atoms with E-state index in [4.69, 9.17) is 0 Å². The van der Waals surface area contributed by atoms with Crippen molar-refractivity contribution in [3.05, 3.63) is 71.8 Å². The first-order valence-corrected chi connectivity index (χ1v) is 6.32. The number of halogens is 2. The number of hydrazone groups is 1. The number of anilines is 1. The molecule has 5 heteroatoms. The van der Waals surface area contributed by atoms with Gasteiger partial charge in [0.15, 0.2) is 11.6 Å². The van der Waals surface area contributed by atoms with E-state index in [0.717, 1.165) is 23.0 Å². The van der Waals surface area contributed by atoms with Crippen molar-refractivity contribution in [3.63, 3.8) is 0 Å². The topological polar surface area (TPSA) is 37.3 Å². The van der Waals surface area contributed by atoms with Crippen LogP contribution in [0.1, 0.15) is 5.56 Å². The standard InChI is InChI=1S/C16H11F2N3/c17-13-7-5-11(9-14(13)18)10-19-21-16-8-6-12-3-1-2-4-15(12)20-16/h1-10H,(H,20,21). The normalized spacial score (nSPS) is 11.1. The number of nitrogens with one attached hydrogen (secondary N) is 1. The molecule has 0 fully saturated rings. The Labute approximate surface area is 120 Å². The summed E-state index contributed by atoms with van der Waals surface area (Å²) in [7, 11) is 0. The number of rotatable bonds is 3. The van der Waals surface area contributed by atoms with Gasteiger partial charge in [0.1, 0.15) is 5.82 Å². The number of nitrogens with zero attached hydrogens (tertiary/aromatic N) is 2. The molecule has 1 heterocycles. The predicted molar refractivity (Wildman–Crippen MR) is 79.3 cm³/mol. The van der Waals surface area contributed by atoms with Crippen LogP contribution >= 0.6 is 0 Å². The molecule has 0 spiro atoms. The number of fused-ring (bicyclic) bond motifs is 1. The molecule has 0 aliphatic heterocycles. The molecule has 0 aliphatic carbocycles. The summed E-state index contributed by atoms with van der Waals surface area (Å²) in [5.74, 6) is -1.20. The number of aromatic nitrogens is 1. The van der Waals surface area contributed by atoms with Gasteiger partial charge in [0.2, 0.25) is 0 Å². The summed E-state index contributed by atoms with van der Waals surface area (Å²) in [6.45, 7) is 0. The van der Waals surface area contributed by atoms with Gasteiger partial charge in [0.25, 0.3) is 0 Å². The fourth-order valence-electron chi connectivity index (χ4n) is 1.89. The minimum atomic E-state index is -0.900. The van der Waals surface area contributed by atoms with Gasteiger partial charge in [-0.25, -0.2) is 13.8 Å². The van der Waals surface area contributed by atoms with E-state index in [9.17, 15) is 8.78 Å². The second kappa shape index (κ2) is 5.66. The van der Waals surface area contributed by atoms with E-state index in [2.05, 4.69) is 15.5 Å². The Balaban J connectivity index is 1.76. The van der Waals surface area contributed by atoms with Crippen molar-refractivity contribution in [2.45, 2.75) is 0 Å². The molecular weight excluding hydrogens is 272 g/mol. The summed E-state index contributed by atoms with van der Waals surface area (Å²) in [5, 5.41) is 5.00. The zero-order valence-corrected chi connectivity index (χ0v) is 10.9. The molecule has 0 aliphatic rings. The van der Waals surface area contributed by atoms with E-state index in [0.29, 0.717) is 11.4 Å². The molecule has 1 N–H and O–H groups in total. The maximum absolute atomic E-state index is 13.0. The first kappa shape index (κ1) is 13.2. The summed E-state index contributed by atoms with van der Waals surface area (Å²) in [6.07, 6.45) is 1.40. The largest absolute Gasteiger partial charge is 0.261 e. The second-order valence-corrected chi connectivity index (χ2v) is 4.43. The lowest BCUT2D eigenvalue weighted by Crippen LogP contribution is -1.94. The van der Waals surface area contributed by atoms with Crippen LogP contribution < -0.4 is 5.43 Å². The van der Waals surface area contributed by atoms with Crippen molar-refractivity contribution in [3.8, 4) is 0 Å². The van der Waals surface area contributed by atoms with E-state index in [1.54, 1.807) is 6.07 Å². The molecule has 0 amide bonds. The highest BCUT2D eigenvalue weighted by Crippen LogP contribution is 2.14. The average molecular weight is 283 g/mol. The molecule has 0 saturated heterocycles. The third-order valence-corrected chi connectivity index (χ3v) is 2.93. The first-order valence-electron chi connectivity index (χ1n) is 6.32. The Kier molecular flexibility index (Phi) is 3.55. The van der Waals surface area contributed by atoms with Gasteiger partial charge in [0.05, 0.1) is 11.7 Å². The maximum Gasteiger partial charge on any atom is 0.159 e. The molecule has 0 atom stereocenters. The summed E-state index contributed by atoms with van der Waals surface area (Å²) >= 11 is 0. The van der Waals surface area contributed by atoms with Crippen LogP contribution in [0.5, 0.6) is 0 Å². The molecule has 104 valence electrons. The van der Waals surface area contributed by atoms with Crippen molar-refractivity contribution in [2.75, 3.05) is 5.43 Å². The van der Waals surface area contributed by atoms with Crippen molar-refractivity contribution in [1.29, 1.82) is 0 Å². The third-order valence-electron chi connectivity index (χ3n) is 2.93. The van der Waals surface area contributed by atoms with Gasteiger partial charge < -0.3 is 0 Å². The lowest BCUT2D eigenvalue weighted by molar-refractivity contribution is 0.508. The van der Waals surface area contributed by atoms with E-state index in [1.165, 1.54) is 12.3 Å². The van der Waals surface area contributed by atoms with E-state index in [-0.39, 0.29) is 0 Å². The minimum absolute atomic E-state index is 0.460. The van der Waals surface area contributed by atoms with E-state index >= 15 is 0 Å². The van der Waals surface area contributed by atoms with E-state index < -0.39 is 11.6 Å². The van der Waals surface area contributed by atoms with Gasteiger partial charge in [-0.1, -0.05) is 24.3 Å². The first-order chi connectivity index (χ1) is 10.2. The summed E-state index contributed by atoms with van der Waals surface area (Å²) in [5.41, 5.74) is 4.07. The predicted octanol–water partition coefficient (Wildman–Crippen LogP) is 3.96. The van der Waals surface area contributed by atoms with Crippen molar-refractivity contribution in [1.82, 2.24) is 4.98 Å². The van der Waals surface area contributed by atoms with Gasteiger partial charge in [-0.3, -0.25) is 5.43 Å². The van der Waals surface area contributed by atoms with Crippen LogP contribution in [-0.4, -0.2) is 11.2 Å². The molecule has 0 saturated carbocycles. The molecule has 21 heavy (non-hydrogen) atoms. The summed E-state index contributed by atoms with van der Waals surface area (Å²) in [6, 6.07) is 15.0. The van der Waals surface area contributed by atoms with Crippen LogP contribution in [0.2, 0.25) is 0 Å². The van der Waals surface area contributed by atoms with Gasteiger partial charge in [0, 0.05) is 5.39 Å². The Morgan fingerprint density at radius 1 is 0.952 bits per heavy atom. The molecule has 3 nitrogen and oxygen atoms in total. The SMILES string of the molecule is Fc1ccc(C=NNc2ccc3ccccc3n2)cc1F. The zero-order valence-electron chi connectivity index (χ0n) is 10.9. The van der Waals surface area contributed by atoms with Crippen LogP contribution in [-0.2, 0) is 0 Å². The Morgan fingerprint density at radius 2 is 1.81 bits per heavy atom. The molecule has 1 aromatic heterocycles. The second-order valence-electron chi connectivity index (χ2n) is 4.43. The Bertz CT molecular complexity index is 815.